The van der Waals surface area contributed by atoms with Crippen LogP contribution in [-0.2, 0) is 25.6 Å². The van der Waals surface area contributed by atoms with E-state index < -0.39 is 11.9 Å². The maximum absolute atomic E-state index is 10.3. The summed E-state index contributed by atoms with van der Waals surface area (Å²) < 4.78 is 4.18. The van der Waals surface area contributed by atoms with Gasteiger partial charge < -0.3 is 14.7 Å². The molecule has 1 aromatic rings. The van der Waals surface area contributed by atoms with E-state index in [4.69, 9.17) is 5.11 Å². The van der Waals surface area contributed by atoms with E-state index in [0.29, 0.717) is 0 Å². The predicted molar refractivity (Wildman–Crippen MR) is 70.0 cm³/mol. The molecule has 104 valence electrons. The van der Waals surface area contributed by atoms with E-state index in [9.17, 15) is 9.59 Å². The first-order chi connectivity index (χ1) is 9.01. The quantitative estimate of drug-likeness (QED) is 0.506. The lowest BCUT2D eigenvalue weighted by atomic mass is 10.1. The molecule has 0 fully saturated rings. The van der Waals surface area contributed by atoms with Crippen LogP contribution in [0, 0.1) is 6.92 Å². The maximum Gasteiger partial charge on any atom is 0.352 e. The molecule has 0 radical (unpaired) electrons. The van der Waals surface area contributed by atoms with Crippen molar-refractivity contribution in [3.8, 4) is 0 Å². The van der Waals surface area contributed by atoms with Gasteiger partial charge >= 0.3 is 11.9 Å². The third-order valence-electron chi connectivity index (χ3n) is 2.07. The summed E-state index contributed by atoms with van der Waals surface area (Å²) in [4.78, 5) is 24.6. The number of rotatable bonds is 4. The van der Waals surface area contributed by atoms with Crippen molar-refractivity contribution in [2.45, 2.75) is 13.3 Å². The van der Waals surface area contributed by atoms with Gasteiger partial charge in [0.1, 0.15) is 7.11 Å². The summed E-state index contributed by atoms with van der Waals surface area (Å²) in [7, 11) is 2.61. The van der Waals surface area contributed by atoms with Crippen LogP contribution < -0.4 is 0 Å². The Morgan fingerprint density at radius 1 is 1.32 bits per heavy atom. The highest BCUT2D eigenvalue weighted by molar-refractivity contribution is 6.22. The topological polar surface area (TPSA) is 85.2 Å². The van der Waals surface area contributed by atoms with Gasteiger partial charge in [0.15, 0.2) is 6.21 Å². The van der Waals surface area contributed by atoms with E-state index in [0.717, 1.165) is 17.3 Å². The first-order valence-electron chi connectivity index (χ1n) is 5.42. The van der Waals surface area contributed by atoms with Gasteiger partial charge in [0, 0.05) is 0 Å². The Labute approximate surface area is 111 Å². The maximum atomic E-state index is 10.3. The number of nitrogens with zero attached hydrogens (tertiary/aromatic N) is 1. The van der Waals surface area contributed by atoms with E-state index >= 15 is 0 Å². The van der Waals surface area contributed by atoms with Crippen molar-refractivity contribution in [3.05, 3.63) is 35.4 Å². The molecular formula is C13H17NO5. The number of benzene rings is 1. The summed E-state index contributed by atoms with van der Waals surface area (Å²) in [6.45, 7) is 1.91. The molecule has 0 aliphatic carbocycles. The second-order valence-corrected chi connectivity index (χ2v) is 3.44. The van der Waals surface area contributed by atoms with Crippen LogP contribution in [0.4, 0.5) is 0 Å². The Balaban J connectivity index is 0.000000362. The average Bonchev–Trinajstić information content (AvgIpc) is 2.39. The lowest BCUT2D eigenvalue weighted by Crippen LogP contribution is -2.01. The highest BCUT2D eigenvalue weighted by atomic mass is 16.6. The lowest BCUT2D eigenvalue weighted by molar-refractivity contribution is -0.136. The van der Waals surface area contributed by atoms with Crippen LogP contribution in [0.25, 0.3) is 0 Å². The summed E-state index contributed by atoms with van der Waals surface area (Å²) in [6, 6.07) is 7.51. The van der Waals surface area contributed by atoms with E-state index in [1.165, 1.54) is 14.2 Å². The summed E-state index contributed by atoms with van der Waals surface area (Å²) >= 11 is 0. The summed E-state index contributed by atoms with van der Waals surface area (Å²) in [5.74, 6) is -1.30. The minimum atomic E-state index is -0.778. The number of hydrogen-bond acceptors (Lipinski definition) is 5. The molecule has 0 spiro atoms. The van der Waals surface area contributed by atoms with Crippen LogP contribution in [0.15, 0.2) is 29.4 Å². The molecule has 0 aliphatic heterocycles. The third-order valence-corrected chi connectivity index (χ3v) is 2.07. The molecule has 0 saturated heterocycles. The molecule has 0 heterocycles. The molecule has 0 unspecified atom stereocenters. The van der Waals surface area contributed by atoms with Crippen LogP contribution in [0.1, 0.15) is 11.1 Å². The number of carboxylic acids is 1. The molecule has 0 aromatic heterocycles. The molecule has 6 nitrogen and oxygen atoms in total. The van der Waals surface area contributed by atoms with Gasteiger partial charge in [-0.2, -0.15) is 0 Å². The average molecular weight is 267 g/mol. The van der Waals surface area contributed by atoms with Gasteiger partial charge in [-0.1, -0.05) is 29.4 Å². The standard InChI is InChI=1S/C9H10O2.C4H7NO3/c1-7-4-2-3-5-8(7)6-9(10)11;1-7-4(6)3-5-8-2/h2-5H,6H2,1H3,(H,10,11);3H,1-2H3. The number of aryl methyl sites for hydroxylation is 1. The van der Waals surface area contributed by atoms with Gasteiger partial charge in [0.05, 0.1) is 13.5 Å². The fourth-order valence-corrected chi connectivity index (χ4v) is 1.12. The highest BCUT2D eigenvalue weighted by Gasteiger charge is 2.01. The number of methoxy groups -OCH3 is 1. The Bertz CT molecular complexity index is 442. The zero-order valence-corrected chi connectivity index (χ0v) is 11.1. The number of carbonyl (C=O) groups is 2. The van der Waals surface area contributed by atoms with Crippen molar-refractivity contribution in [2.75, 3.05) is 14.2 Å². The van der Waals surface area contributed by atoms with E-state index in [-0.39, 0.29) is 6.42 Å². The van der Waals surface area contributed by atoms with Gasteiger partial charge in [-0.25, -0.2) is 4.79 Å². The molecule has 0 amide bonds. The van der Waals surface area contributed by atoms with Crippen LogP contribution >= 0.6 is 0 Å². The summed E-state index contributed by atoms with van der Waals surface area (Å²) in [6.07, 6.45) is 1.06. The number of carboxylic acid groups (broad SMARTS) is 1. The third kappa shape index (κ3) is 8.37. The van der Waals surface area contributed by atoms with Gasteiger partial charge in [-0.3, -0.25) is 4.79 Å². The second-order valence-electron chi connectivity index (χ2n) is 3.44. The minimum absolute atomic E-state index is 0.118. The molecule has 0 saturated carbocycles. The van der Waals surface area contributed by atoms with Crippen molar-refractivity contribution in [1.82, 2.24) is 0 Å². The second kappa shape index (κ2) is 9.64. The van der Waals surface area contributed by atoms with Gasteiger partial charge in [0.25, 0.3) is 0 Å². The fraction of sp³-hybridized carbons (Fsp3) is 0.308. The number of ether oxygens (including phenoxy) is 1. The Morgan fingerprint density at radius 3 is 2.42 bits per heavy atom. The molecule has 1 rings (SSSR count). The van der Waals surface area contributed by atoms with E-state index in [2.05, 4.69) is 14.7 Å². The van der Waals surface area contributed by atoms with Crippen LogP contribution in [-0.4, -0.2) is 37.5 Å². The molecular weight excluding hydrogens is 250 g/mol. The molecule has 19 heavy (non-hydrogen) atoms. The van der Waals surface area contributed by atoms with Crippen LogP contribution in [0.5, 0.6) is 0 Å². The zero-order chi connectivity index (χ0) is 14.7. The van der Waals surface area contributed by atoms with Crippen LogP contribution in [0.3, 0.4) is 0 Å². The van der Waals surface area contributed by atoms with Crippen molar-refractivity contribution in [3.63, 3.8) is 0 Å². The first kappa shape index (κ1) is 16.6. The van der Waals surface area contributed by atoms with Crippen LogP contribution in [0.2, 0.25) is 0 Å². The molecule has 0 aliphatic rings. The largest absolute Gasteiger partial charge is 0.481 e. The van der Waals surface area contributed by atoms with Crippen molar-refractivity contribution < 1.29 is 24.3 Å². The fourth-order valence-electron chi connectivity index (χ4n) is 1.12. The van der Waals surface area contributed by atoms with E-state index in [1.54, 1.807) is 0 Å². The summed E-state index contributed by atoms with van der Waals surface area (Å²) in [5, 5.41) is 11.6. The normalized spacial score (nSPS) is 9.42. The van der Waals surface area contributed by atoms with Gasteiger partial charge in [-0.05, 0) is 18.1 Å². The monoisotopic (exact) mass is 267 g/mol. The van der Waals surface area contributed by atoms with E-state index in [1.807, 2.05) is 31.2 Å². The lowest BCUT2D eigenvalue weighted by Gasteiger charge is -1.99. The SMILES string of the molecule is CON=CC(=O)OC.Cc1ccccc1CC(=O)O. The first-order valence-corrected chi connectivity index (χ1v) is 5.42. The minimum Gasteiger partial charge on any atom is -0.481 e. The zero-order valence-electron chi connectivity index (χ0n) is 11.1. The smallest absolute Gasteiger partial charge is 0.352 e. The molecule has 0 atom stereocenters. The molecule has 0 bridgehead atoms. The molecule has 1 N–H and O–H groups in total. The number of aliphatic carboxylic acids is 1. The predicted octanol–water partition coefficient (Wildman–Crippen LogP) is 1.41. The van der Waals surface area contributed by atoms with Gasteiger partial charge in [-0.15, -0.1) is 0 Å². The Kier molecular flexibility index (Phi) is 8.44. The summed E-state index contributed by atoms with van der Waals surface area (Å²) in [5.41, 5.74) is 1.93. The molecule has 6 heteroatoms. The Hall–Kier alpha value is -2.37. The number of hydrogen-bond donors (Lipinski definition) is 1. The van der Waals surface area contributed by atoms with Crippen molar-refractivity contribution in [1.29, 1.82) is 0 Å². The van der Waals surface area contributed by atoms with Gasteiger partial charge in [0.2, 0.25) is 0 Å². The highest BCUT2D eigenvalue weighted by Crippen LogP contribution is 2.06. The van der Waals surface area contributed by atoms with Crippen molar-refractivity contribution in [2.24, 2.45) is 5.16 Å². The number of oxime groups is 1. The Morgan fingerprint density at radius 2 is 1.95 bits per heavy atom. The number of carbonyl (C=O) groups excluding carboxylic acids is 1. The molecule has 1 aromatic carbocycles. The number of esters is 1. The van der Waals surface area contributed by atoms with Crippen molar-refractivity contribution >= 4 is 18.2 Å².